The van der Waals surface area contributed by atoms with Crippen LogP contribution in [0.4, 0.5) is 18.9 Å². The standard InChI is InChI=1S/C12H13ClF3NO2/c1-8-3-2-4-10(17-11(18)5-13)9(8)6-19-7-12(14,15)16/h2-4H,5-7H2,1H3,(H,17,18). The minimum atomic E-state index is -4.37. The van der Waals surface area contributed by atoms with Crippen LogP contribution >= 0.6 is 11.6 Å². The summed E-state index contributed by atoms with van der Waals surface area (Å²) in [5.74, 6) is -0.652. The molecule has 0 spiro atoms. The monoisotopic (exact) mass is 295 g/mol. The van der Waals surface area contributed by atoms with E-state index in [-0.39, 0.29) is 12.5 Å². The fraction of sp³-hybridized carbons (Fsp3) is 0.417. The van der Waals surface area contributed by atoms with E-state index in [2.05, 4.69) is 10.1 Å². The van der Waals surface area contributed by atoms with Crippen LogP contribution in [-0.4, -0.2) is 24.6 Å². The van der Waals surface area contributed by atoms with Crippen LogP contribution in [0, 0.1) is 6.92 Å². The van der Waals surface area contributed by atoms with Gasteiger partial charge in [0.2, 0.25) is 5.91 Å². The Kier molecular flexibility index (Phi) is 5.62. The van der Waals surface area contributed by atoms with Gasteiger partial charge in [-0.2, -0.15) is 13.2 Å². The molecule has 1 amide bonds. The van der Waals surface area contributed by atoms with Crippen LogP contribution in [0.1, 0.15) is 11.1 Å². The first kappa shape index (κ1) is 15.8. The molecule has 0 aliphatic rings. The number of carbonyl (C=O) groups is 1. The maximum Gasteiger partial charge on any atom is 0.411 e. The maximum absolute atomic E-state index is 12.0. The largest absolute Gasteiger partial charge is 0.411 e. The molecule has 19 heavy (non-hydrogen) atoms. The molecule has 1 N–H and O–H groups in total. The molecular formula is C12H13ClF3NO2. The van der Waals surface area contributed by atoms with Crippen molar-refractivity contribution < 1.29 is 22.7 Å². The number of rotatable bonds is 5. The van der Waals surface area contributed by atoms with E-state index in [1.165, 1.54) is 0 Å². The zero-order valence-corrected chi connectivity index (χ0v) is 10.9. The SMILES string of the molecule is Cc1cccc(NC(=O)CCl)c1COCC(F)(F)F. The molecule has 3 nitrogen and oxygen atoms in total. The van der Waals surface area contributed by atoms with Crippen LogP contribution < -0.4 is 5.32 Å². The second-order valence-electron chi connectivity index (χ2n) is 3.89. The van der Waals surface area contributed by atoms with Crippen LogP contribution in [0.15, 0.2) is 18.2 Å². The summed E-state index contributed by atoms with van der Waals surface area (Å²) < 4.78 is 40.6. The van der Waals surface area contributed by atoms with Gasteiger partial charge in [0.05, 0.1) is 6.61 Å². The highest BCUT2D eigenvalue weighted by molar-refractivity contribution is 6.29. The van der Waals surface area contributed by atoms with Gasteiger partial charge in [-0.05, 0) is 18.6 Å². The third-order valence-electron chi connectivity index (χ3n) is 2.32. The lowest BCUT2D eigenvalue weighted by atomic mass is 10.1. The number of benzene rings is 1. The zero-order chi connectivity index (χ0) is 14.5. The van der Waals surface area contributed by atoms with Crippen molar-refractivity contribution >= 4 is 23.2 Å². The van der Waals surface area contributed by atoms with E-state index >= 15 is 0 Å². The third-order valence-corrected chi connectivity index (χ3v) is 2.56. The predicted octanol–water partition coefficient (Wildman–Crippen LogP) is 3.25. The van der Waals surface area contributed by atoms with Crippen LogP contribution in [0.2, 0.25) is 0 Å². The summed E-state index contributed by atoms with van der Waals surface area (Å²) in [6, 6.07) is 5.00. The summed E-state index contributed by atoms with van der Waals surface area (Å²) in [5, 5.41) is 2.52. The Bertz CT molecular complexity index is 449. The molecule has 0 atom stereocenters. The van der Waals surface area contributed by atoms with Gasteiger partial charge in [0, 0.05) is 11.3 Å². The van der Waals surface area contributed by atoms with E-state index in [0.717, 1.165) is 5.56 Å². The van der Waals surface area contributed by atoms with Gasteiger partial charge in [0.1, 0.15) is 12.5 Å². The predicted molar refractivity (Wildman–Crippen MR) is 66.2 cm³/mol. The van der Waals surface area contributed by atoms with Gasteiger partial charge in [0.25, 0.3) is 0 Å². The summed E-state index contributed by atoms with van der Waals surface area (Å²) in [6.45, 7) is 0.164. The quantitative estimate of drug-likeness (QED) is 0.847. The van der Waals surface area contributed by atoms with Gasteiger partial charge in [0.15, 0.2) is 0 Å². The highest BCUT2D eigenvalue weighted by Crippen LogP contribution is 2.22. The minimum absolute atomic E-state index is 0.225. The number of alkyl halides is 4. The lowest BCUT2D eigenvalue weighted by Gasteiger charge is -2.14. The molecule has 0 fully saturated rings. The molecule has 0 aliphatic carbocycles. The molecule has 1 rings (SSSR count). The first-order chi connectivity index (χ1) is 8.83. The Balaban J connectivity index is 2.77. The number of ether oxygens (including phenoxy) is 1. The van der Waals surface area contributed by atoms with Gasteiger partial charge >= 0.3 is 6.18 Å². The molecule has 0 aromatic heterocycles. The van der Waals surface area contributed by atoms with Crippen molar-refractivity contribution in [1.82, 2.24) is 0 Å². The molecular weight excluding hydrogens is 283 g/mol. The lowest BCUT2D eigenvalue weighted by molar-refractivity contribution is -0.176. The molecule has 0 heterocycles. The van der Waals surface area contributed by atoms with Gasteiger partial charge in [-0.1, -0.05) is 12.1 Å². The average Bonchev–Trinajstić information content (AvgIpc) is 2.31. The van der Waals surface area contributed by atoms with Gasteiger partial charge in [-0.25, -0.2) is 0 Å². The Morgan fingerprint density at radius 1 is 1.42 bits per heavy atom. The molecule has 0 saturated carbocycles. The molecule has 0 aliphatic heterocycles. The molecule has 1 aromatic rings. The van der Waals surface area contributed by atoms with Crippen LogP contribution in [-0.2, 0) is 16.1 Å². The van der Waals surface area contributed by atoms with Crippen molar-refractivity contribution in [3.8, 4) is 0 Å². The lowest BCUT2D eigenvalue weighted by Crippen LogP contribution is -2.18. The molecule has 0 unspecified atom stereocenters. The van der Waals surface area contributed by atoms with Gasteiger partial charge in [-0.15, -0.1) is 11.6 Å². The molecule has 0 radical (unpaired) electrons. The maximum atomic E-state index is 12.0. The van der Waals surface area contributed by atoms with E-state index in [1.54, 1.807) is 25.1 Å². The van der Waals surface area contributed by atoms with Crippen LogP contribution in [0.5, 0.6) is 0 Å². The van der Waals surface area contributed by atoms with Crippen molar-refractivity contribution in [3.05, 3.63) is 29.3 Å². The Morgan fingerprint density at radius 2 is 2.11 bits per heavy atom. The van der Waals surface area contributed by atoms with E-state index in [1.807, 2.05) is 0 Å². The second-order valence-corrected chi connectivity index (χ2v) is 4.16. The first-order valence-corrected chi connectivity index (χ1v) is 5.95. The van der Waals surface area contributed by atoms with Crippen molar-refractivity contribution in [2.24, 2.45) is 0 Å². The van der Waals surface area contributed by atoms with Crippen molar-refractivity contribution in [2.75, 3.05) is 17.8 Å². The van der Waals surface area contributed by atoms with E-state index in [0.29, 0.717) is 11.3 Å². The number of nitrogens with one attached hydrogen (secondary N) is 1. The summed E-state index contributed by atoms with van der Waals surface area (Å²) >= 11 is 5.37. The van der Waals surface area contributed by atoms with Gasteiger partial charge in [-0.3, -0.25) is 4.79 Å². The first-order valence-electron chi connectivity index (χ1n) is 5.42. The normalized spacial score (nSPS) is 11.4. The van der Waals surface area contributed by atoms with Gasteiger partial charge < -0.3 is 10.1 Å². The number of amides is 1. The summed E-state index contributed by atoms with van der Waals surface area (Å²) in [5.41, 5.74) is 1.65. The van der Waals surface area contributed by atoms with Crippen molar-refractivity contribution in [2.45, 2.75) is 19.7 Å². The smallest absolute Gasteiger partial charge is 0.367 e. The molecule has 1 aromatic carbocycles. The number of aryl methyl sites for hydroxylation is 1. The minimum Gasteiger partial charge on any atom is -0.367 e. The Labute approximate surface area is 113 Å². The highest BCUT2D eigenvalue weighted by Gasteiger charge is 2.27. The molecule has 106 valence electrons. The second kappa shape index (κ2) is 6.77. The number of hydrogen-bond donors (Lipinski definition) is 1. The summed E-state index contributed by atoms with van der Waals surface area (Å²) in [7, 11) is 0. The molecule has 7 heteroatoms. The Hall–Kier alpha value is -1.27. The van der Waals surface area contributed by atoms with E-state index < -0.39 is 18.7 Å². The topological polar surface area (TPSA) is 38.3 Å². The Morgan fingerprint density at radius 3 is 2.68 bits per heavy atom. The number of halogens is 4. The van der Waals surface area contributed by atoms with Crippen LogP contribution in [0.3, 0.4) is 0 Å². The zero-order valence-electron chi connectivity index (χ0n) is 10.2. The fourth-order valence-corrected chi connectivity index (χ4v) is 1.53. The summed E-state index contributed by atoms with van der Waals surface area (Å²) in [6.07, 6.45) is -4.37. The van der Waals surface area contributed by atoms with Crippen LogP contribution in [0.25, 0.3) is 0 Å². The third kappa shape index (κ3) is 5.48. The average molecular weight is 296 g/mol. The fourth-order valence-electron chi connectivity index (χ4n) is 1.46. The highest BCUT2D eigenvalue weighted by atomic mass is 35.5. The molecule has 0 saturated heterocycles. The number of anilines is 1. The molecule has 0 bridgehead atoms. The summed E-state index contributed by atoms with van der Waals surface area (Å²) in [4.78, 5) is 11.2. The van der Waals surface area contributed by atoms with E-state index in [9.17, 15) is 18.0 Å². The number of hydrogen-bond acceptors (Lipinski definition) is 2. The van der Waals surface area contributed by atoms with E-state index in [4.69, 9.17) is 11.6 Å². The van der Waals surface area contributed by atoms with Crippen molar-refractivity contribution in [3.63, 3.8) is 0 Å². The number of carbonyl (C=O) groups excluding carboxylic acids is 1. The van der Waals surface area contributed by atoms with Crippen molar-refractivity contribution in [1.29, 1.82) is 0 Å².